The Labute approximate surface area is 233 Å². The Morgan fingerprint density at radius 2 is 1.92 bits per heavy atom. The Hall–Kier alpha value is -1.26. The zero-order chi connectivity index (χ0) is 26.1. The number of amides is 1. The van der Waals surface area contributed by atoms with E-state index < -0.39 is 0 Å². The molecule has 0 spiro atoms. The summed E-state index contributed by atoms with van der Waals surface area (Å²) in [4.78, 5) is 12.2. The second-order valence-corrected chi connectivity index (χ2v) is 12.6. The van der Waals surface area contributed by atoms with Crippen molar-refractivity contribution in [2.75, 3.05) is 13.1 Å². The summed E-state index contributed by atoms with van der Waals surface area (Å²) in [7, 11) is 0. The van der Waals surface area contributed by atoms with Gasteiger partial charge in [-0.2, -0.15) is 0 Å². The molecule has 0 aliphatic heterocycles. The maximum absolute atomic E-state index is 12.2. The largest absolute Gasteiger partial charge is 0.446 e. The number of rotatable bonds is 11. The monoisotopic (exact) mass is 534 g/mol. The van der Waals surface area contributed by atoms with E-state index in [0.29, 0.717) is 18.5 Å². The van der Waals surface area contributed by atoms with Gasteiger partial charge in [-0.05, 0) is 99.0 Å². The van der Waals surface area contributed by atoms with Gasteiger partial charge in [0.25, 0.3) is 0 Å². The van der Waals surface area contributed by atoms with Gasteiger partial charge in [0, 0.05) is 13.0 Å². The zero-order valence-corrected chi connectivity index (χ0v) is 25.0. The summed E-state index contributed by atoms with van der Waals surface area (Å²) >= 11 is 0. The molecule has 0 heterocycles. The number of halogens is 1. The third-order valence-corrected chi connectivity index (χ3v) is 9.51. The smallest absolute Gasteiger partial charge is 0.407 e. The number of carbonyl (C=O) groups is 1. The molecule has 0 radical (unpaired) electrons. The van der Waals surface area contributed by atoms with Gasteiger partial charge in [-0.3, -0.25) is 0 Å². The summed E-state index contributed by atoms with van der Waals surface area (Å²) in [5, 5.41) is 2.86. The standard InChI is InChI=1S/C32H54N2O2.ClH/c1-23(2)10-8-11-25(4)29-17-18-30-26(12-9-19-32(29,30)5)14-15-27-22-28(16-13-24(27)3)36-31(35)34-21-7-6-20-33;/h14-15,23,25,28-30H,3,6-13,16-22,33H2,1-2,4-5H3,(H,34,35);1H/b26-14+,27-15-;/t25-,28+,29-,30+,32-;/m1./s1. The molecule has 3 aliphatic rings. The summed E-state index contributed by atoms with van der Waals surface area (Å²) in [6.07, 6.45) is 19.5. The third-order valence-electron chi connectivity index (χ3n) is 9.51. The van der Waals surface area contributed by atoms with Crippen LogP contribution < -0.4 is 11.1 Å². The van der Waals surface area contributed by atoms with Crippen LogP contribution in [0.1, 0.15) is 111 Å². The number of alkyl carbamates (subject to hydrolysis) is 1. The fourth-order valence-electron chi connectivity index (χ4n) is 7.40. The van der Waals surface area contributed by atoms with Crippen LogP contribution in [-0.4, -0.2) is 25.3 Å². The van der Waals surface area contributed by atoms with Crippen molar-refractivity contribution < 1.29 is 9.53 Å². The Kier molecular flexibility index (Phi) is 13.3. The van der Waals surface area contributed by atoms with E-state index in [1.807, 2.05) is 0 Å². The number of carbonyl (C=O) groups excluding carboxylic acids is 1. The van der Waals surface area contributed by atoms with E-state index in [9.17, 15) is 4.79 Å². The molecule has 1 amide bonds. The maximum Gasteiger partial charge on any atom is 0.407 e. The molecule has 212 valence electrons. The Morgan fingerprint density at radius 1 is 1.14 bits per heavy atom. The van der Waals surface area contributed by atoms with Crippen LogP contribution in [0.15, 0.2) is 35.5 Å². The highest BCUT2D eigenvalue weighted by molar-refractivity contribution is 5.85. The van der Waals surface area contributed by atoms with Gasteiger partial charge >= 0.3 is 6.09 Å². The van der Waals surface area contributed by atoms with E-state index >= 15 is 0 Å². The fraction of sp³-hybridized carbons (Fsp3) is 0.781. The van der Waals surface area contributed by atoms with E-state index in [2.05, 4.69) is 51.7 Å². The first kappa shape index (κ1) is 32.0. The molecule has 3 saturated carbocycles. The predicted molar refractivity (Wildman–Crippen MR) is 159 cm³/mol. The SMILES string of the molecule is C=C1CC[C@H](OC(=O)NCCCCN)C/C1=C/C=C1\CCC[C@]2(C)[C@@H]([C@H](C)CCCC(C)C)CC[C@@H]12.Cl. The number of hydrogen-bond acceptors (Lipinski definition) is 3. The highest BCUT2D eigenvalue weighted by Crippen LogP contribution is 2.60. The summed E-state index contributed by atoms with van der Waals surface area (Å²) in [6.45, 7) is 15.4. The molecular weight excluding hydrogens is 480 g/mol. The molecule has 0 aromatic rings. The first-order chi connectivity index (χ1) is 17.2. The summed E-state index contributed by atoms with van der Waals surface area (Å²) in [5.74, 6) is 3.23. The van der Waals surface area contributed by atoms with Gasteiger partial charge in [0.15, 0.2) is 0 Å². The minimum absolute atomic E-state index is 0. The van der Waals surface area contributed by atoms with Crippen LogP contribution in [0.2, 0.25) is 0 Å². The molecule has 5 atom stereocenters. The molecule has 0 saturated heterocycles. The number of ether oxygens (including phenoxy) is 1. The topological polar surface area (TPSA) is 64.3 Å². The Bertz CT molecular complexity index is 805. The van der Waals surface area contributed by atoms with Crippen molar-refractivity contribution >= 4 is 18.5 Å². The maximum atomic E-state index is 12.2. The van der Waals surface area contributed by atoms with Gasteiger partial charge in [-0.1, -0.05) is 76.8 Å². The summed E-state index contributed by atoms with van der Waals surface area (Å²) < 4.78 is 5.73. The number of nitrogens with two attached hydrogens (primary N) is 1. The van der Waals surface area contributed by atoms with Gasteiger partial charge in [-0.15, -0.1) is 12.4 Å². The van der Waals surface area contributed by atoms with Gasteiger partial charge in [0.05, 0.1) is 0 Å². The van der Waals surface area contributed by atoms with Crippen molar-refractivity contribution in [2.45, 2.75) is 117 Å². The lowest BCUT2D eigenvalue weighted by Crippen LogP contribution is -2.36. The van der Waals surface area contributed by atoms with E-state index in [4.69, 9.17) is 10.5 Å². The van der Waals surface area contributed by atoms with Crippen LogP contribution in [0.25, 0.3) is 0 Å². The average Bonchev–Trinajstić information content (AvgIpc) is 3.19. The third kappa shape index (κ3) is 8.88. The molecule has 0 aromatic carbocycles. The molecule has 0 aromatic heterocycles. The summed E-state index contributed by atoms with van der Waals surface area (Å²) in [6, 6.07) is 0. The van der Waals surface area contributed by atoms with E-state index in [0.717, 1.165) is 55.8 Å². The Morgan fingerprint density at radius 3 is 2.65 bits per heavy atom. The quantitative estimate of drug-likeness (QED) is 0.261. The highest BCUT2D eigenvalue weighted by atomic mass is 35.5. The van der Waals surface area contributed by atoms with Crippen molar-refractivity contribution in [3.8, 4) is 0 Å². The predicted octanol–water partition coefficient (Wildman–Crippen LogP) is 8.51. The molecule has 5 heteroatoms. The number of unbranched alkanes of at least 4 members (excludes halogenated alkanes) is 1. The first-order valence-electron chi connectivity index (χ1n) is 15.0. The molecule has 3 rings (SSSR count). The fourth-order valence-corrected chi connectivity index (χ4v) is 7.40. The van der Waals surface area contributed by atoms with Crippen LogP contribution in [0.3, 0.4) is 0 Å². The molecule has 3 N–H and O–H groups in total. The second-order valence-electron chi connectivity index (χ2n) is 12.6. The van der Waals surface area contributed by atoms with Gasteiger partial charge < -0.3 is 15.8 Å². The van der Waals surface area contributed by atoms with Gasteiger partial charge in [-0.25, -0.2) is 4.79 Å². The minimum Gasteiger partial charge on any atom is -0.446 e. The van der Waals surface area contributed by atoms with Crippen molar-refractivity contribution in [3.63, 3.8) is 0 Å². The Balaban J connectivity index is 0.00000481. The zero-order valence-electron chi connectivity index (χ0n) is 24.2. The highest BCUT2D eigenvalue weighted by Gasteiger charge is 2.50. The van der Waals surface area contributed by atoms with Crippen LogP contribution in [0.4, 0.5) is 4.79 Å². The number of hydrogen-bond donors (Lipinski definition) is 2. The van der Waals surface area contributed by atoms with Crippen LogP contribution in [0.5, 0.6) is 0 Å². The minimum atomic E-state index is -0.301. The van der Waals surface area contributed by atoms with Crippen molar-refractivity contribution in [1.82, 2.24) is 5.32 Å². The average molecular weight is 535 g/mol. The second kappa shape index (κ2) is 15.4. The molecular formula is C32H55ClN2O2. The van der Waals surface area contributed by atoms with E-state index in [1.165, 1.54) is 62.5 Å². The van der Waals surface area contributed by atoms with E-state index in [1.54, 1.807) is 5.57 Å². The molecule has 37 heavy (non-hydrogen) atoms. The van der Waals surface area contributed by atoms with Crippen LogP contribution in [-0.2, 0) is 4.74 Å². The number of nitrogens with one attached hydrogen (secondary N) is 1. The molecule has 4 nitrogen and oxygen atoms in total. The van der Waals surface area contributed by atoms with Gasteiger partial charge in [0.2, 0.25) is 0 Å². The van der Waals surface area contributed by atoms with Crippen LogP contribution in [0, 0.1) is 29.1 Å². The lowest BCUT2D eigenvalue weighted by molar-refractivity contribution is 0.0892. The van der Waals surface area contributed by atoms with Crippen LogP contribution >= 0.6 is 12.4 Å². The van der Waals surface area contributed by atoms with Crippen molar-refractivity contribution in [1.29, 1.82) is 0 Å². The molecule has 3 aliphatic carbocycles. The molecule has 0 unspecified atom stereocenters. The normalized spacial score (nSPS) is 30.8. The number of fused-ring (bicyclic) bond motifs is 1. The molecule has 3 fully saturated rings. The lowest BCUT2D eigenvalue weighted by atomic mass is 9.60. The number of allylic oxidation sites excluding steroid dienone is 4. The first-order valence-corrected chi connectivity index (χ1v) is 15.0. The van der Waals surface area contributed by atoms with Crippen molar-refractivity contribution in [2.24, 2.45) is 34.8 Å². The van der Waals surface area contributed by atoms with E-state index in [-0.39, 0.29) is 24.6 Å². The van der Waals surface area contributed by atoms with Crippen molar-refractivity contribution in [3.05, 3.63) is 35.5 Å². The molecule has 0 bridgehead atoms. The lowest BCUT2D eigenvalue weighted by Gasteiger charge is -2.44. The summed E-state index contributed by atoms with van der Waals surface area (Å²) in [5.41, 5.74) is 10.1. The van der Waals surface area contributed by atoms with Gasteiger partial charge in [0.1, 0.15) is 6.10 Å².